The first kappa shape index (κ1) is 13.6. The van der Waals surface area contributed by atoms with Crippen molar-refractivity contribution in [2.75, 3.05) is 0 Å². The monoisotopic (exact) mass is 261 g/mol. The van der Waals surface area contributed by atoms with Crippen molar-refractivity contribution in [1.82, 2.24) is 4.57 Å². The predicted molar refractivity (Wildman–Crippen MR) is 74.2 cm³/mol. The molecule has 1 aromatic heterocycles. The zero-order valence-corrected chi connectivity index (χ0v) is 11.6. The minimum Gasteiger partial charge on any atom is -0.472 e. The summed E-state index contributed by atoms with van der Waals surface area (Å²) in [6.07, 6.45) is 4.55. The molecule has 0 aliphatic rings. The average molecular weight is 261 g/mol. The maximum Gasteiger partial charge on any atom is 0.419 e. The smallest absolute Gasteiger partial charge is 0.419 e. The molecular formula is C15H21N2O2+. The Hall–Kier alpha value is -1.84. The minimum atomic E-state index is -0.866. The number of unbranched alkanes of at least 4 members (excludes halogenated alkanes) is 3. The molecule has 0 aliphatic heterocycles. The Balaban J connectivity index is 2.39. The largest absolute Gasteiger partial charge is 0.472 e. The van der Waals surface area contributed by atoms with E-state index in [-0.39, 0.29) is 0 Å². The van der Waals surface area contributed by atoms with Gasteiger partial charge in [-0.15, -0.1) is 0 Å². The van der Waals surface area contributed by atoms with E-state index in [0.717, 1.165) is 30.4 Å². The summed E-state index contributed by atoms with van der Waals surface area (Å²) in [5, 5.41) is 9.41. The van der Waals surface area contributed by atoms with E-state index in [4.69, 9.17) is 0 Å². The number of carboxylic acid groups (broad SMARTS) is 1. The lowest BCUT2D eigenvalue weighted by Crippen LogP contribution is -2.36. The predicted octanol–water partition coefficient (Wildman–Crippen LogP) is 2.74. The van der Waals surface area contributed by atoms with Gasteiger partial charge in [0.2, 0.25) is 0 Å². The van der Waals surface area contributed by atoms with Crippen molar-refractivity contribution in [1.29, 1.82) is 0 Å². The van der Waals surface area contributed by atoms with Gasteiger partial charge < -0.3 is 5.11 Å². The molecule has 0 bridgehead atoms. The number of aromatic carboxylic acids is 1. The summed E-state index contributed by atoms with van der Waals surface area (Å²) < 4.78 is 3.69. The van der Waals surface area contributed by atoms with Crippen molar-refractivity contribution in [2.45, 2.75) is 39.2 Å². The Bertz CT molecular complexity index is 587. The molecule has 0 amide bonds. The number of nitrogens with zero attached hydrogens (tertiary/aromatic N) is 2. The number of carbonyl (C=O) groups is 1. The van der Waals surface area contributed by atoms with Gasteiger partial charge in [-0.1, -0.05) is 31.9 Å². The number of rotatable bonds is 6. The Morgan fingerprint density at radius 2 is 2.00 bits per heavy atom. The lowest BCUT2D eigenvalue weighted by Gasteiger charge is -2.00. The number of benzene rings is 1. The maximum absolute atomic E-state index is 11.5. The number of carboxylic acids is 1. The fourth-order valence-corrected chi connectivity index (χ4v) is 2.57. The molecule has 0 unspecified atom stereocenters. The van der Waals surface area contributed by atoms with E-state index < -0.39 is 5.97 Å². The molecule has 0 atom stereocenters. The second kappa shape index (κ2) is 5.87. The summed E-state index contributed by atoms with van der Waals surface area (Å²) in [4.78, 5) is 11.5. The highest BCUT2D eigenvalue weighted by atomic mass is 16.4. The summed E-state index contributed by atoms with van der Waals surface area (Å²) in [7, 11) is 1.81. The number of aromatic nitrogens is 2. The first-order chi connectivity index (χ1) is 9.16. The lowest BCUT2D eigenvalue weighted by atomic mass is 10.2. The third-order valence-electron chi connectivity index (χ3n) is 3.53. The zero-order valence-electron chi connectivity index (χ0n) is 11.6. The van der Waals surface area contributed by atoms with Crippen LogP contribution in [-0.2, 0) is 13.6 Å². The molecule has 4 nitrogen and oxygen atoms in total. The van der Waals surface area contributed by atoms with Gasteiger partial charge in [-0.3, -0.25) is 0 Å². The molecule has 19 heavy (non-hydrogen) atoms. The van der Waals surface area contributed by atoms with Crippen LogP contribution >= 0.6 is 0 Å². The summed E-state index contributed by atoms with van der Waals surface area (Å²) in [6, 6.07) is 7.85. The summed E-state index contributed by atoms with van der Waals surface area (Å²) in [5.74, 6) is -0.508. The van der Waals surface area contributed by atoms with Crippen LogP contribution < -0.4 is 4.57 Å². The van der Waals surface area contributed by atoms with Gasteiger partial charge in [0.05, 0.1) is 13.6 Å². The molecule has 102 valence electrons. The van der Waals surface area contributed by atoms with Crippen molar-refractivity contribution in [3.63, 3.8) is 0 Å². The molecule has 1 heterocycles. The van der Waals surface area contributed by atoms with E-state index in [1.54, 1.807) is 4.57 Å². The van der Waals surface area contributed by atoms with Gasteiger partial charge in [-0.25, -0.2) is 13.9 Å². The van der Waals surface area contributed by atoms with Gasteiger partial charge in [0.1, 0.15) is 0 Å². The number of hydrogen-bond donors (Lipinski definition) is 1. The van der Waals surface area contributed by atoms with E-state index in [9.17, 15) is 9.90 Å². The van der Waals surface area contributed by atoms with Crippen LogP contribution in [0.1, 0.15) is 43.2 Å². The quantitative estimate of drug-likeness (QED) is 0.642. The van der Waals surface area contributed by atoms with Gasteiger partial charge in [-0.05, 0) is 25.0 Å². The third-order valence-corrected chi connectivity index (χ3v) is 3.53. The molecule has 0 fully saturated rings. The molecular weight excluding hydrogens is 240 g/mol. The van der Waals surface area contributed by atoms with Crippen LogP contribution in [-0.4, -0.2) is 15.6 Å². The Morgan fingerprint density at radius 1 is 1.26 bits per heavy atom. The second-order valence-electron chi connectivity index (χ2n) is 4.89. The number of fused-ring (bicyclic) bond motifs is 1. The van der Waals surface area contributed by atoms with Crippen molar-refractivity contribution < 1.29 is 14.5 Å². The van der Waals surface area contributed by atoms with Crippen LogP contribution in [0.15, 0.2) is 24.3 Å². The van der Waals surface area contributed by atoms with Crippen LogP contribution in [0.3, 0.4) is 0 Å². The van der Waals surface area contributed by atoms with E-state index in [1.807, 2.05) is 35.9 Å². The van der Waals surface area contributed by atoms with Gasteiger partial charge >= 0.3 is 11.8 Å². The van der Waals surface area contributed by atoms with E-state index in [2.05, 4.69) is 6.92 Å². The number of para-hydroxylation sites is 2. The zero-order chi connectivity index (χ0) is 13.8. The van der Waals surface area contributed by atoms with Gasteiger partial charge in [-0.2, -0.15) is 0 Å². The summed E-state index contributed by atoms with van der Waals surface area (Å²) in [5.41, 5.74) is 1.97. The van der Waals surface area contributed by atoms with E-state index in [1.165, 1.54) is 12.8 Å². The van der Waals surface area contributed by atoms with Crippen LogP contribution in [0.2, 0.25) is 0 Å². The fourth-order valence-electron chi connectivity index (χ4n) is 2.57. The van der Waals surface area contributed by atoms with Crippen LogP contribution in [0.4, 0.5) is 0 Å². The van der Waals surface area contributed by atoms with Crippen LogP contribution in [0.5, 0.6) is 0 Å². The highest BCUT2D eigenvalue weighted by Crippen LogP contribution is 2.15. The molecule has 2 aromatic rings. The Kier molecular flexibility index (Phi) is 4.20. The molecule has 1 aromatic carbocycles. The molecule has 0 aliphatic carbocycles. The number of hydrogen-bond acceptors (Lipinski definition) is 1. The molecule has 0 saturated heterocycles. The summed E-state index contributed by atoms with van der Waals surface area (Å²) >= 11 is 0. The first-order valence-corrected chi connectivity index (χ1v) is 6.87. The highest BCUT2D eigenvalue weighted by molar-refractivity contribution is 5.86. The van der Waals surface area contributed by atoms with Crippen molar-refractivity contribution in [3.8, 4) is 0 Å². The van der Waals surface area contributed by atoms with Gasteiger partial charge in [0, 0.05) is 0 Å². The van der Waals surface area contributed by atoms with Crippen molar-refractivity contribution in [3.05, 3.63) is 30.1 Å². The molecule has 1 N–H and O–H groups in total. The van der Waals surface area contributed by atoms with Gasteiger partial charge in [0.25, 0.3) is 0 Å². The number of aryl methyl sites for hydroxylation is 2. The topological polar surface area (TPSA) is 46.1 Å². The molecule has 0 radical (unpaired) electrons. The molecule has 0 spiro atoms. The van der Waals surface area contributed by atoms with E-state index >= 15 is 0 Å². The Labute approximate surface area is 113 Å². The Morgan fingerprint density at radius 3 is 2.68 bits per heavy atom. The lowest BCUT2D eigenvalue weighted by molar-refractivity contribution is -0.648. The minimum absolute atomic E-state index is 0.359. The first-order valence-electron chi connectivity index (χ1n) is 6.87. The maximum atomic E-state index is 11.5. The fraction of sp³-hybridized carbons (Fsp3) is 0.467. The highest BCUT2D eigenvalue weighted by Gasteiger charge is 2.27. The normalized spacial score (nSPS) is 11.1. The average Bonchev–Trinajstić information content (AvgIpc) is 2.69. The van der Waals surface area contributed by atoms with Crippen LogP contribution in [0, 0.1) is 0 Å². The second-order valence-corrected chi connectivity index (χ2v) is 4.89. The van der Waals surface area contributed by atoms with Crippen molar-refractivity contribution >= 4 is 17.0 Å². The van der Waals surface area contributed by atoms with Gasteiger partial charge in [0.15, 0.2) is 11.0 Å². The molecule has 4 heteroatoms. The summed E-state index contributed by atoms with van der Waals surface area (Å²) in [6.45, 7) is 2.94. The standard InChI is InChI=1S/C15H20N2O2/c1-3-4-5-8-11-17-13-10-7-6-9-12(13)16(2)14(17)15(18)19/h6-7,9-10H,3-5,8,11H2,1-2H3/p+1. The number of imidazole rings is 1. The molecule has 0 saturated carbocycles. The van der Waals surface area contributed by atoms with E-state index in [0.29, 0.717) is 5.82 Å². The molecule has 2 rings (SSSR count). The third kappa shape index (κ3) is 2.62. The van der Waals surface area contributed by atoms with Crippen molar-refractivity contribution in [2.24, 2.45) is 7.05 Å². The SMILES string of the molecule is CCCCCCn1c(C(=O)O)[n+](C)c2ccccc21. The van der Waals surface area contributed by atoms with Crippen LogP contribution in [0.25, 0.3) is 11.0 Å².